The molecule has 106 valence electrons. The van der Waals surface area contributed by atoms with Crippen LogP contribution < -0.4 is 5.32 Å². The van der Waals surface area contributed by atoms with Crippen molar-refractivity contribution in [2.24, 2.45) is 0 Å². The Morgan fingerprint density at radius 1 is 1.00 bits per heavy atom. The Labute approximate surface area is 122 Å². The van der Waals surface area contributed by atoms with Crippen molar-refractivity contribution < 1.29 is 8.78 Å². The summed E-state index contributed by atoms with van der Waals surface area (Å²) in [5.74, 6) is -0.736. The standard InChI is InChI=1S/C16H16ClF2N/c1-2-7-20-10-11-3-4-12(18)8-15(11)14-6-5-13(19)9-16(14)17/h3-6,8-9,20H,2,7,10H2,1H3. The average Bonchev–Trinajstić information content (AvgIpc) is 2.41. The Morgan fingerprint density at radius 3 is 2.40 bits per heavy atom. The predicted molar refractivity (Wildman–Crippen MR) is 78.8 cm³/mol. The average molecular weight is 296 g/mol. The van der Waals surface area contributed by atoms with Gasteiger partial charge in [0.1, 0.15) is 11.6 Å². The van der Waals surface area contributed by atoms with Gasteiger partial charge in [-0.05, 0) is 54.4 Å². The molecule has 0 aromatic heterocycles. The molecule has 0 aliphatic heterocycles. The summed E-state index contributed by atoms with van der Waals surface area (Å²) in [6.07, 6.45) is 1.02. The highest BCUT2D eigenvalue weighted by Crippen LogP contribution is 2.31. The third-order valence-corrected chi connectivity index (χ3v) is 3.35. The van der Waals surface area contributed by atoms with Crippen molar-refractivity contribution >= 4 is 11.6 Å². The summed E-state index contributed by atoms with van der Waals surface area (Å²) >= 11 is 6.07. The molecule has 0 atom stereocenters. The summed E-state index contributed by atoms with van der Waals surface area (Å²) in [7, 11) is 0. The topological polar surface area (TPSA) is 12.0 Å². The lowest BCUT2D eigenvalue weighted by molar-refractivity contribution is 0.625. The van der Waals surface area contributed by atoms with Crippen LogP contribution in [0.5, 0.6) is 0 Å². The fraction of sp³-hybridized carbons (Fsp3) is 0.250. The number of hydrogen-bond donors (Lipinski definition) is 1. The summed E-state index contributed by atoms with van der Waals surface area (Å²) in [6.45, 7) is 3.58. The molecule has 0 aliphatic carbocycles. The number of halogens is 3. The van der Waals surface area contributed by atoms with E-state index in [9.17, 15) is 8.78 Å². The van der Waals surface area contributed by atoms with E-state index in [1.165, 1.54) is 24.3 Å². The summed E-state index contributed by atoms with van der Waals surface area (Å²) in [5, 5.41) is 3.56. The Balaban J connectivity index is 2.40. The van der Waals surface area contributed by atoms with E-state index in [0.717, 1.165) is 18.5 Å². The molecule has 1 N–H and O–H groups in total. The van der Waals surface area contributed by atoms with Gasteiger partial charge >= 0.3 is 0 Å². The number of nitrogens with one attached hydrogen (secondary N) is 1. The van der Waals surface area contributed by atoms with E-state index >= 15 is 0 Å². The highest BCUT2D eigenvalue weighted by atomic mass is 35.5. The van der Waals surface area contributed by atoms with Gasteiger partial charge in [-0.15, -0.1) is 0 Å². The Morgan fingerprint density at radius 2 is 1.70 bits per heavy atom. The van der Waals surface area contributed by atoms with E-state index in [2.05, 4.69) is 12.2 Å². The number of hydrogen-bond acceptors (Lipinski definition) is 1. The van der Waals surface area contributed by atoms with Crippen LogP contribution in [0.25, 0.3) is 11.1 Å². The second-order valence-corrected chi connectivity index (χ2v) is 5.01. The van der Waals surface area contributed by atoms with Crippen LogP contribution in [0, 0.1) is 11.6 Å². The minimum atomic E-state index is -0.402. The normalized spacial score (nSPS) is 10.8. The number of rotatable bonds is 5. The molecule has 0 saturated carbocycles. The largest absolute Gasteiger partial charge is 0.313 e. The maximum atomic E-state index is 13.5. The predicted octanol–water partition coefficient (Wildman–Crippen LogP) is 4.78. The van der Waals surface area contributed by atoms with Gasteiger partial charge in [-0.3, -0.25) is 0 Å². The minimum absolute atomic E-state index is 0.285. The van der Waals surface area contributed by atoms with Crippen LogP contribution in [-0.4, -0.2) is 6.54 Å². The van der Waals surface area contributed by atoms with Crippen LogP contribution in [0.15, 0.2) is 36.4 Å². The molecule has 0 fully saturated rings. The highest BCUT2D eigenvalue weighted by molar-refractivity contribution is 6.33. The van der Waals surface area contributed by atoms with E-state index in [-0.39, 0.29) is 10.8 Å². The zero-order valence-corrected chi connectivity index (χ0v) is 12.0. The lowest BCUT2D eigenvalue weighted by atomic mass is 9.99. The maximum absolute atomic E-state index is 13.5. The molecule has 0 unspecified atom stereocenters. The van der Waals surface area contributed by atoms with Gasteiger partial charge in [0.15, 0.2) is 0 Å². The van der Waals surface area contributed by atoms with Crippen molar-refractivity contribution in [2.45, 2.75) is 19.9 Å². The van der Waals surface area contributed by atoms with Gasteiger partial charge in [0, 0.05) is 12.1 Å². The molecule has 4 heteroatoms. The van der Waals surface area contributed by atoms with Gasteiger partial charge in [0.05, 0.1) is 5.02 Å². The fourth-order valence-corrected chi connectivity index (χ4v) is 2.33. The van der Waals surface area contributed by atoms with Crippen molar-refractivity contribution in [2.75, 3.05) is 6.54 Å². The molecule has 0 amide bonds. The molecular formula is C16H16ClF2N. The first-order valence-electron chi connectivity index (χ1n) is 6.56. The Kier molecular flexibility index (Phi) is 5.10. The molecule has 0 spiro atoms. The molecule has 0 saturated heterocycles. The van der Waals surface area contributed by atoms with E-state index in [0.29, 0.717) is 17.7 Å². The second kappa shape index (κ2) is 6.82. The van der Waals surface area contributed by atoms with Crippen LogP contribution in [0.4, 0.5) is 8.78 Å². The summed E-state index contributed by atoms with van der Waals surface area (Å²) in [5.41, 5.74) is 2.27. The molecule has 0 bridgehead atoms. The van der Waals surface area contributed by atoms with E-state index in [1.54, 1.807) is 12.1 Å². The molecule has 2 aromatic carbocycles. The molecule has 2 aromatic rings. The molecule has 0 aliphatic rings. The molecule has 0 heterocycles. The second-order valence-electron chi connectivity index (χ2n) is 4.60. The summed E-state index contributed by atoms with van der Waals surface area (Å²) in [4.78, 5) is 0. The Hall–Kier alpha value is -1.45. The van der Waals surface area contributed by atoms with Gasteiger partial charge in [-0.2, -0.15) is 0 Å². The van der Waals surface area contributed by atoms with Crippen molar-refractivity contribution in [3.05, 3.63) is 58.6 Å². The van der Waals surface area contributed by atoms with Crippen LogP contribution in [0.3, 0.4) is 0 Å². The lowest BCUT2D eigenvalue weighted by Crippen LogP contribution is -2.14. The van der Waals surface area contributed by atoms with Crippen molar-refractivity contribution in [3.8, 4) is 11.1 Å². The first-order valence-corrected chi connectivity index (χ1v) is 6.94. The third kappa shape index (κ3) is 3.56. The molecule has 0 radical (unpaired) electrons. The van der Waals surface area contributed by atoms with Crippen LogP contribution in [0.1, 0.15) is 18.9 Å². The molecule has 1 nitrogen and oxygen atoms in total. The van der Waals surface area contributed by atoms with Gasteiger partial charge in [-0.25, -0.2) is 8.78 Å². The zero-order chi connectivity index (χ0) is 14.5. The van der Waals surface area contributed by atoms with E-state index < -0.39 is 5.82 Å². The first-order chi connectivity index (χ1) is 9.61. The highest BCUT2D eigenvalue weighted by Gasteiger charge is 2.10. The Bertz CT molecular complexity index is 599. The minimum Gasteiger partial charge on any atom is -0.313 e. The van der Waals surface area contributed by atoms with Crippen molar-refractivity contribution in [1.29, 1.82) is 0 Å². The van der Waals surface area contributed by atoms with Crippen molar-refractivity contribution in [3.63, 3.8) is 0 Å². The van der Waals surface area contributed by atoms with Crippen LogP contribution >= 0.6 is 11.6 Å². The lowest BCUT2D eigenvalue weighted by Gasteiger charge is -2.12. The summed E-state index contributed by atoms with van der Waals surface area (Å²) in [6, 6.07) is 8.73. The molecular weight excluding hydrogens is 280 g/mol. The van der Waals surface area contributed by atoms with Gasteiger partial charge in [0.25, 0.3) is 0 Å². The monoisotopic (exact) mass is 295 g/mol. The molecule has 20 heavy (non-hydrogen) atoms. The SMILES string of the molecule is CCCNCc1ccc(F)cc1-c1ccc(F)cc1Cl. The smallest absolute Gasteiger partial charge is 0.124 e. The maximum Gasteiger partial charge on any atom is 0.124 e. The van der Waals surface area contributed by atoms with E-state index in [1.807, 2.05) is 0 Å². The fourth-order valence-electron chi connectivity index (χ4n) is 2.06. The van der Waals surface area contributed by atoms with Gasteiger partial charge in [-0.1, -0.05) is 24.6 Å². The van der Waals surface area contributed by atoms with Crippen LogP contribution in [0.2, 0.25) is 5.02 Å². The number of benzene rings is 2. The van der Waals surface area contributed by atoms with Gasteiger partial charge < -0.3 is 5.32 Å². The quantitative estimate of drug-likeness (QED) is 0.782. The molecule has 2 rings (SSSR count). The van der Waals surface area contributed by atoms with Crippen LogP contribution in [-0.2, 0) is 6.54 Å². The first kappa shape index (κ1) is 14.9. The zero-order valence-electron chi connectivity index (χ0n) is 11.2. The van der Waals surface area contributed by atoms with Gasteiger partial charge in [0.2, 0.25) is 0 Å². The third-order valence-electron chi connectivity index (χ3n) is 3.04. The van der Waals surface area contributed by atoms with Crippen molar-refractivity contribution in [1.82, 2.24) is 5.32 Å². The summed E-state index contributed by atoms with van der Waals surface area (Å²) < 4.78 is 26.6. The van der Waals surface area contributed by atoms with E-state index in [4.69, 9.17) is 11.6 Å².